The summed E-state index contributed by atoms with van der Waals surface area (Å²) in [5.41, 5.74) is 0.792. The molecule has 1 aliphatic carbocycles. The van der Waals surface area contributed by atoms with E-state index in [9.17, 15) is 9.18 Å². The maximum Gasteiger partial charge on any atom is 0.236 e. The lowest BCUT2D eigenvalue weighted by molar-refractivity contribution is -0.131. The number of aliphatic imine (C=N–C) groups is 1. The molecule has 0 bridgehead atoms. The Labute approximate surface area is 189 Å². The second kappa shape index (κ2) is 10.1. The molecule has 2 saturated heterocycles. The van der Waals surface area contributed by atoms with Crippen molar-refractivity contribution in [2.45, 2.75) is 31.2 Å². The Hall–Kier alpha value is -1.42. The molecule has 1 saturated carbocycles. The first-order valence-electron chi connectivity index (χ1n) is 10.4. The van der Waals surface area contributed by atoms with Gasteiger partial charge in [0, 0.05) is 58.3 Å². The van der Waals surface area contributed by atoms with Gasteiger partial charge in [-0.25, -0.2) is 4.39 Å². The van der Waals surface area contributed by atoms with E-state index in [1.807, 2.05) is 17.0 Å². The third kappa shape index (κ3) is 5.39. The Balaban J connectivity index is 0.00000240. The number of amides is 1. The van der Waals surface area contributed by atoms with Gasteiger partial charge in [-0.15, -0.1) is 24.0 Å². The number of rotatable bonds is 4. The third-order valence-corrected chi connectivity index (χ3v) is 6.11. The van der Waals surface area contributed by atoms with Crippen LogP contribution in [0.4, 0.5) is 4.39 Å². The van der Waals surface area contributed by atoms with Gasteiger partial charge < -0.3 is 15.1 Å². The minimum atomic E-state index is -0.122. The molecule has 0 spiro atoms. The van der Waals surface area contributed by atoms with Gasteiger partial charge in [0.25, 0.3) is 0 Å². The van der Waals surface area contributed by atoms with Crippen LogP contribution in [0.15, 0.2) is 29.3 Å². The Bertz CT molecular complexity index is 732. The van der Waals surface area contributed by atoms with Gasteiger partial charge in [-0.3, -0.25) is 14.7 Å². The molecule has 3 fully saturated rings. The van der Waals surface area contributed by atoms with E-state index in [1.165, 1.54) is 6.07 Å². The second-order valence-corrected chi connectivity index (χ2v) is 8.01. The quantitative estimate of drug-likeness (QED) is 0.380. The number of nitrogens with zero attached hydrogens (tertiary/aromatic N) is 4. The van der Waals surface area contributed by atoms with Gasteiger partial charge in [0.05, 0.1) is 6.54 Å². The van der Waals surface area contributed by atoms with Gasteiger partial charge in [-0.05, 0) is 30.9 Å². The molecule has 6 nitrogen and oxygen atoms in total. The SMILES string of the molecule is CN=C(NC1CC1c1ccccc1F)N1CCN(CC(=O)N2CCCC2)CC1.I. The highest BCUT2D eigenvalue weighted by atomic mass is 127. The summed E-state index contributed by atoms with van der Waals surface area (Å²) in [6.45, 7) is 5.79. The molecule has 8 heteroatoms. The van der Waals surface area contributed by atoms with E-state index in [0.717, 1.165) is 70.1 Å². The normalized spacial score (nSPS) is 25.0. The lowest BCUT2D eigenvalue weighted by atomic mass is 10.1. The number of hydrogen-bond acceptors (Lipinski definition) is 3. The van der Waals surface area contributed by atoms with E-state index in [1.54, 1.807) is 13.1 Å². The van der Waals surface area contributed by atoms with Gasteiger partial charge in [0.15, 0.2) is 5.96 Å². The zero-order chi connectivity index (χ0) is 19.5. The molecule has 2 unspecified atom stereocenters. The van der Waals surface area contributed by atoms with Gasteiger partial charge >= 0.3 is 0 Å². The average molecular weight is 515 g/mol. The molecule has 1 aromatic rings. The van der Waals surface area contributed by atoms with Crippen LogP contribution in [0.5, 0.6) is 0 Å². The largest absolute Gasteiger partial charge is 0.353 e. The number of benzene rings is 1. The number of carbonyl (C=O) groups is 1. The first-order chi connectivity index (χ1) is 13.7. The van der Waals surface area contributed by atoms with Crippen molar-refractivity contribution >= 4 is 35.8 Å². The van der Waals surface area contributed by atoms with Crippen LogP contribution in [0.25, 0.3) is 0 Å². The molecule has 2 heterocycles. The van der Waals surface area contributed by atoms with Crippen molar-refractivity contribution in [3.05, 3.63) is 35.6 Å². The maximum absolute atomic E-state index is 14.0. The molecule has 2 aliphatic heterocycles. The number of nitrogens with one attached hydrogen (secondary N) is 1. The van der Waals surface area contributed by atoms with E-state index in [-0.39, 0.29) is 47.7 Å². The number of guanidine groups is 1. The van der Waals surface area contributed by atoms with Crippen LogP contribution in [0.1, 0.15) is 30.7 Å². The van der Waals surface area contributed by atoms with E-state index in [2.05, 4.69) is 20.1 Å². The average Bonchev–Trinajstić information content (AvgIpc) is 3.24. The minimum Gasteiger partial charge on any atom is -0.353 e. The summed E-state index contributed by atoms with van der Waals surface area (Å²) in [5, 5.41) is 3.50. The molecule has 0 radical (unpaired) electrons. The number of piperazine rings is 1. The summed E-state index contributed by atoms with van der Waals surface area (Å²) in [6.07, 6.45) is 3.21. The summed E-state index contributed by atoms with van der Waals surface area (Å²) >= 11 is 0. The summed E-state index contributed by atoms with van der Waals surface area (Å²) in [4.78, 5) is 23.2. The van der Waals surface area contributed by atoms with Crippen molar-refractivity contribution in [3.8, 4) is 0 Å². The number of hydrogen-bond donors (Lipinski definition) is 1. The van der Waals surface area contributed by atoms with Crippen molar-refractivity contribution in [3.63, 3.8) is 0 Å². The number of halogens is 2. The Kier molecular flexibility index (Phi) is 7.72. The predicted octanol–water partition coefficient (Wildman–Crippen LogP) is 2.11. The van der Waals surface area contributed by atoms with Crippen LogP contribution < -0.4 is 5.32 Å². The Morgan fingerprint density at radius 3 is 2.45 bits per heavy atom. The van der Waals surface area contributed by atoms with E-state index >= 15 is 0 Å². The maximum atomic E-state index is 14.0. The highest BCUT2D eigenvalue weighted by Gasteiger charge is 2.41. The highest BCUT2D eigenvalue weighted by molar-refractivity contribution is 14.0. The lowest BCUT2D eigenvalue weighted by Gasteiger charge is -2.36. The lowest BCUT2D eigenvalue weighted by Crippen LogP contribution is -2.54. The molecular formula is C21H31FIN5O. The summed E-state index contributed by atoms with van der Waals surface area (Å²) in [5.74, 6) is 1.24. The fraction of sp³-hybridized carbons (Fsp3) is 0.619. The van der Waals surface area contributed by atoms with Crippen molar-refractivity contribution in [2.24, 2.45) is 4.99 Å². The molecule has 29 heavy (non-hydrogen) atoms. The molecule has 0 aromatic heterocycles. The van der Waals surface area contributed by atoms with Crippen LogP contribution in [0.3, 0.4) is 0 Å². The smallest absolute Gasteiger partial charge is 0.236 e. The minimum absolute atomic E-state index is 0. The van der Waals surface area contributed by atoms with E-state index in [4.69, 9.17) is 0 Å². The second-order valence-electron chi connectivity index (χ2n) is 8.01. The summed E-state index contributed by atoms with van der Waals surface area (Å²) < 4.78 is 14.0. The highest BCUT2D eigenvalue weighted by Crippen LogP contribution is 2.41. The van der Waals surface area contributed by atoms with Crippen LogP contribution in [0, 0.1) is 5.82 Å². The van der Waals surface area contributed by atoms with Crippen LogP contribution in [-0.2, 0) is 4.79 Å². The van der Waals surface area contributed by atoms with Crippen molar-refractivity contribution in [1.29, 1.82) is 0 Å². The topological polar surface area (TPSA) is 51.2 Å². The molecule has 1 amide bonds. The van der Waals surface area contributed by atoms with E-state index in [0.29, 0.717) is 6.54 Å². The predicted molar refractivity (Wildman–Crippen MR) is 123 cm³/mol. The molecule has 2 atom stereocenters. The van der Waals surface area contributed by atoms with Gasteiger partial charge in [0.2, 0.25) is 5.91 Å². The standard InChI is InChI=1S/C21H30FN5O.HI/c1-23-21(24-19-14-17(19)16-6-2-3-7-18(16)22)27-12-10-25(11-13-27)15-20(28)26-8-4-5-9-26;/h2-3,6-7,17,19H,4-5,8-15H2,1H3,(H,23,24);1H. The molecule has 1 aromatic carbocycles. The zero-order valence-electron chi connectivity index (χ0n) is 17.0. The first-order valence-corrected chi connectivity index (χ1v) is 10.4. The van der Waals surface area contributed by atoms with Crippen molar-refractivity contribution in [2.75, 3.05) is 52.9 Å². The van der Waals surface area contributed by atoms with Crippen LogP contribution in [0.2, 0.25) is 0 Å². The Morgan fingerprint density at radius 2 is 1.79 bits per heavy atom. The fourth-order valence-electron chi connectivity index (χ4n) is 4.31. The number of carbonyl (C=O) groups excluding carboxylic acids is 1. The van der Waals surface area contributed by atoms with Gasteiger partial charge in [-0.1, -0.05) is 18.2 Å². The summed E-state index contributed by atoms with van der Waals surface area (Å²) in [6, 6.07) is 7.27. The monoisotopic (exact) mass is 515 g/mol. The van der Waals surface area contributed by atoms with Crippen molar-refractivity contribution in [1.82, 2.24) is 20.0 Å². The van der Waals surface area contributed by atoms with Crippen LogP contribution >= 0.6 is 24.0 Å². The van der Waals surface area contributed by atoms with Crippen LogP contribution in [-0.4, -0.2) is 85.5 Å². The summed E-state index contributed by atoms with van der Waals surface area (Å²) in [7, 11) is 1.80. The molecular weight excluding hydrogens is 484 g/mol. The van der Waals surface area contributed by atoms with Gasteiger partial charge in [0.1, 0.15) is 5.82 Å². The third-order valence-electron chi connectivity index (χ3n) is 6.11. The molecule has 1 N–H and O–H groups in total. The molecule has 3 aliphatic rings. The molecule has 160 valence electrons. The van der Waals surface area contributed by atoms with Crippen molar-refractivity contribution < 1.29 is 9.18 Å². The molecule has 4 rings (SSSR count). The van der Waals surface area contributed by atoms with E-state index < -0.39 is 0 Å². The fourth-order valence-corrected chi connectivity index (χ4v) is 4.31. The zero-order valence-corrected chi connectivity index (χ0v) is 19.3. The van der Waals surface area contributed by atoms with Gasteiger partial charge in [-0.2, -0.15) is 0 Å². The number of likely N-dealkylation sites (tertiary alicyclic amines) is 1. The Morgan fingerprint density at radius 1 is 1.10 bits per heavy atom. The first kappa shape index (κ1) is 22.3.